The van der Waals surface area contributed by atoms with Crippen molar-refractivity contribution < 1.29 is 14.2 Å². The number of ether oxygens (including phenoxy) is 3. The number of anilines is 3. The first-order valence-electron chi connectivity index (χ1n) is 8.16. The molecule has 0 fully saturated rings. The van der Waals surface area contributed by atoms with E-state index >= 15 is 0 Å². The number of hydrogen-bond donors (Lipinski definition) is 2. The van der Waals surface area contributed by atoms with Gasteiger partial charge in [-0.05, 0) is 42.0 Å². The first-order valence-corrected chi connectivity index (χ1v) is 8.16. The molecule has 0 aliphatic carbocycles. The van der Waals surface area contributed by atoms with Gasteiger partial charge < -0.3 is 24.8 Å². The van der Waals surface area contributed by atoms with Gasteiger partial charge in [0.25, 0.3) is 0 Å². The van der Waals surface area contributed by atoms with Crippen LogP contribution in [0, 0.1) is 0 Å². The molecule has 0 atom stereocenters. The Morgan fingerprint density at radius 2 is 1.77 bits per heavy atom. The summed E-state index contributed by atoms with van der Waals surface area (Å²) in [5.74, 6) is 3.80. The first kappa shape index (κ1) is 16.0. The van der Waals surface area contributed by atoms with Crippen LogP contribution in [-0.2, 0) is 6.54 Å². The van der Waals surface area contributed by atoms with Crippen LogP contribution in [0.15, 0.2) is 54.9 Å². The number of benzene rings is 2. The van der Waals surface area contributed by atoms with E-state index in [4.69, 9.17) is 14.2 Å². The zero-order valence-electron chi connectivity index (χ0n) is 14.2. The van der Waals surface area contributed by atoms with Gasteiger partial charge in [0, 0.05) is 18.3 Å². The van der Waals surface area contributed by atoms with E-state index in [1.54, 1.807) is 7.11 Å². The molecule has 0 radical (unpaired) electrons. The van der Waals surface area contributed by atoms with Crippen LogP contribution < -0.4 is 24.8 Å². The average molecular weight is 350 g/mol. The summed E-state index contributed by atoms with van der Waals surface area (Å²) in [5.41, 5.74) is 2.00. The number of aromatic nitrogens is 2. The number of methoxy groups -OCH3 is 1. The van der Waals surface area contributed by atoms with Crippen molar-refractivity contribution in [2.24, 2.45) is 0 Å². The van der Waals surface area contributed by atoms with Crippen molar-refractivity contribution in [2.45, 2.75) is 6.54 Å². The monoisotopic (exact) mass is 350 g/mol. The lowest BCUT2D eigenvalue weighted by Crippen LogP contribution is -2.03. The van der Waals surface area contributed by atoms with E-state index in [1.807, 2.05) is 48.5 Å². The molecule has 7 heteroatoms. The first-order chi connectivity index (χ1) is 12.8. The molecule has 26 heavy (non-hydrogen) atoms. The van der Waals surface area contributed by atoms with Crippen LogP contribution in [0.1, 0.15) is 5.56 Å². The van der Waals surface area contributed by atoms with Gasteiger partial charge in [-0.15, -0.1) is 0 Å². The van der Waals surface area contributed by atoms with Crippen molar-refractivity contribution in [1.29, 1.82) is 0 Å². The molecule has 1 aromatic heterocycles. The summed E-state index contributed by atoms with van der Waals surface area (Å²) < 4.78 is 15.9. The molecule has 0 saturated carbocycles. The largest absolute Gasteiger partial charge is 0.497 e. The highest BCUT2D eigenvalue weighted by Gasteiger charge is 2.13. The van der Waals surface area contributed by atoms with Crippen LogP contribution >= 0.6 is 0 Å². The minimum Gasteiger partial charge on any atom is -0.497 e. The van der Waals surface area contributed by atoms with Crippen molar-refractivity contribution >= 4 is 17.3 Å². The zero-order valence-corrected chi connectivity index (χ0v) is 14.2. The molecule has 0 saturated heterocycles. The smallest absolute Gasteiger partial charge is 0.231 e. The third-order valence-corrected chi connectivity index (χ3v) is 3.94. The third kappa shape index (κ3) is 3.61. The second-order valence-electron chi connectivity index (χ2n) is 5.68. The van der Waals surface area contributed by atoms with Gasteiger partial charge >= 0.3 is 0 Å². The van der Waals surface area contributed by atoms with Crippen molar-refractivity contribution in [3.05, 3.63) is 60.4 Å². The van der Waals surface area contributed by atoms with E-state index < -0.39 is 0 Å². The summed E-state index contributed by atoms with van der Waals surface area (Å²) in [6.45, 7) is 0.897. The number of rotatable bonds is 6. The molecular formula is C19H18N4O3. The molecule has 0 amide bonds. The standard InChI is InChI=1S/C19H18N4O3/c1-24-15-5-3-14(4-6-15)23-19-9-18(21-11-22-19)20-10-13-2-7-16-17(8-13)26-12-25-16/h2-9,11H,10,12H2,1H3,(H2,20,21,22,23). The summed E-state index contributed by atoms with van der Waals surface area (Å²) in [6.07, 6.45) is 1.52. The van der Waals surface area contributed by atoms with E-state index in [2.05, 4.69) is 20.6 Å². The van der Waals surface area contributed by atoms with Crippen LogP contribution in [0.5, 0.6) is 17.2 Å². The maximum absolute atomic E-state index is 5.40. The average Bonchev–Trinajstić information content (AvgIpc) is 3.15. The molecule has 3 aromatic rings. The van der Waals surface area contributed by atoms with Gasteiger partial charge in [-0.2, -0.15) is 0 Å². The molecule has 2 N–H and O–H groups in total. The van der Waals surface area contributed by atoms with E-state index in [0.717, 1.165) is 34.3 Å². The lowest BCUT2D eigenvalue weighted by Gasteiger charge is -2.09. The molecule has 0 bridgehead atoms. The Morgan fingerprint density at radius 3 is 2.62 bits per heavy atom. The summed E-state index contributed by atoms with van der Waals surface area (Å²) in [7, 11) is 1.64. The van der Waals surface area contributed by atoms with Gasteiger partial charge in [0.2, 0.25) is 6.79 Å². The minimum atomic E-state index is 0.276. The fraction of sp³-hybridized carbons (Fsp3) is 0.158. The number of hydrogen-bond acceptors (Lipinski definition) is 7. The Hall–Kier alpha value is -3.48. The number of nitrogens with zero attached hydrogens (tertiary/aromatic N) is 2. The Balaban J connectivity index is 1.40. The van der Waals surface area contributed by atoms with Crippen molar-refractivity contribution in [2.75, 3.05) is 24.5 Å². The summed E-state index contributed by atoms with van der Waals surface area (Å²) in [6, 6.07) is 15.4. The molecule has 0 spiro atoms. The highest BCUT2D eigenvalue weighted by Crippen LogP contribution is 2.32. The van der Waals surface area contributed by atoms with Gasteiger partial charge in [0.15, 0.2) is 11.5 Å². The Kier molecular flexibility index (Phi) is 4.42. The third-order valence-electron chi connectivity index (χ3n) is 3.94. The normalized spacial score (nSPS) is 11.9. The molecule has 132 valence electrons. The Morgan fingerprint density at radius 1 is 0.962 bits per heavy atom. The fourth-order valence-corrected chi connectivity index (χ4v) is 2.59. The molecule has 1 aliphatic rings. The SMILES string of the molecule is COc1ccc(Nc2cc(NCc3ccc4c(c3)OCO4)ncn2)cc1. The number of nitrogens with one attached hydrogen (secondary N) is 2. The second kappa shape index (κ2) is 7.18. The molecule has 1 aliphatic heterocycles. The van der Waals surface area contributed by atoms with Gasteiger partial charge in [0.05, 0.1) is 7.11 Å². The van der Waals surface area contributed by atoms with Crippen molar-refractivity contribution in [1.82, 2.24) is 9.97 Å². The molecule has 2 aromatic carbocycles. The maximum Gasteiger partial charge on any atom is 0.231 e. The van der Waals surface area contributed by atoms with Crippen LogP contribution in [0.2, 0.25) is 0 Å². The van der Waals surface area contributed by atoms with Crippen molar-refractivity contribution in [3.63, 3.8) is 0 Å². The van der Waals surface area contributed by atoms with Crippen LogP contribution in [0.4, 0.5) is 17.3 Å². The molecule has 4 rings (SSSR count). The number of fused-ring (bicyclic) bond motifs is 1. The van der Waals surface area contributed by atoms with Crippen LogP contribution in [0.3, 0.4) is 0 Å². The minimum absolute atomic E-state index is 0.276. The lowest BCUT2D eigenvalue weighted by molar-refractivity contribution is 0.174. The topological polar surface area (TPSA) is 77.5 Å². The van der Waals surface area contributed by atoms with E-state index in [0.29, 0.717) is 12.4 Å². The predicted octanol–water partition coefficient (Wildman–Crippen LogP) is 3.57. The van der Waals surface area contributed by atoms with Gasteiger partial charge in [-0.1, -0.05) is 6.07 Å². The fourth-order valence-electron chi connectivity index (χ4n) is 2.59. The van der Waals surface area contributed by atoms with Crippen molar-refractivity contribution in [3.8, 4) is 17.2 Å². The van der Waals surface area contributed by atoms with Gasteiger partial charge in [0.1, 0.15) is 23.7 Å². The molecular weight excluding hydrogens is 332 g/mol. The van der Waals surface area contributed by atoms with E-state index in [9.17, 15) is 0 Å². The second-order valence-corrected chi connectivity index (χ2v) is 5.68. The van der Waals surface area contributed by atoms with Crippen LogP contribution in [-0.4, -0.2) is 23.9 Å². The lowest BCUT2D eigenvalue weighted by atomic mass is 10.2. The summed E-state index contributed by atoms with van der Waals surface area (Å²) in [4.78, 5) is 8.51. The Labute approximate surface area is 151 Å². The molecule has 0 unspecified atom stereocenters. The molecule has 2 heterocycles. The van der Waals surface area contributed by atoms with E-state index in [-0.39, 0.29) is 6.79 Å². The quantitative estimate of drug-likeness (QED) is 0.704. The van der Waals surface area contributed by atoms with Gasteiger partial charge in [-0.25, -0.2) is 9.97 Å². The zero-order chi connectivity index (χ0) is 17.8. The maximum atomic E-state index is 5.40. The van der Waals surface area contributed by atoms with E-state index in [1.165, 1.54) is 6.33 Å². The highest BCUT2D eigenvalue weighted by molar-refractivity contribution is 5.59. The summed E-state index contributed by atoms with van der Waals surface area (Å²) >= 11 is 0. The van der Waals surface area contributed by atoms with Gasteiger partial charge in [-0.3, -0.25) is 0 Å². The predicted molar refractivity (Wildman–Crippen MR) is 98.2 cm³/mol. The Bertz CT molecular complexity index is 900. The summed E-state index contributed by atoms with van der Waals surface area (Å²) in [5, 5.41) is 6.53. The molecule has 7 nitrogen and oxygen atoms in total. The van der Waals surface area contributed by atoms with Crippen LogP contribution in [0.25, 0.3) is 0 Å². The highest BCUT2D eigenvalue weighted by atomic mass is 16.7.